The summed E-state index contributed by atoms with van der Waals surface area (Å²) in [7, 11) is 0. The second-order valence-corrected chi connectivity index (χ2v) is 7.22. The lowest BCUT2D eigenvalue weighted by atomic mass is 10.1. The van der Waals surface area contributed by atoms with Crippen LogP contribution >= 0.6 is 11.8 Å². The third-order valence-corrected chi connectivity index (χ3v) is 4.64. The van der Waals surface area contributed by atoms with Gasteiger partial charge < -0.3 is 14.5 Å². The fourth-order valence-electron chi connectivity index (χ4n) is 2.49. The Kier molecular flexibility index (Phi) is 7.02. The van der Waals surface area contributed by atoms with Crippen molar-refractivity contribution in [1.29, 1.82) is 0 Å². The molecule has 0 spiro atoms. The number of thioether (sulfide) groups is 1. The largest absolute Gasteiger partial charge is 0.462 e. The summed E-state index contributed by atoms with van der Waals surface area (Å²) in [5, 5.41) is 11.1. The lowest BCUT2D eigenvalue weighted by Gasteiger charge is -2.07. The molecular weight excluding hydrogens is 390 g/mol. The van der Waals surface area contributed by atoms with Crippen LogP contribution in [0.4, 0.5) is 5.69 Å². The van der Waals surface area contributed by atoms with E-state index in [1.165, 1.54) is 0 Å². The molecule has 0 fully saturated rings. The first kappa shape index (κ1) is 20.6. The van der Waals surface area contributed by atoms with Crippen LogP contribution in [0.2, 0.25) is 0 Å². The van der Waals surface area contributed by atoms with Crippen LogP contribution in [-0.4, -0.2) is 34.4 Å². The molecule has 0 saturated heterocycles. The Balaban J connectivity index is 1.55. The number of nitrogens with zero attached hydrogens (tertiary/aromatic N) is 2. The number of amides is 1. The number of nitrogens with one attached hydrogen (secondary N) is 1. The molecule has 2 aromatic carbocycles. The Morgan fingerprint density at radius 1 is 1.14 bits per heavy atom. The molecule has 3 aromatic rings. The van der Waals surface area contributed by atoms with Crippen LogP contribution in [0.1, 0.15) is 29.3 Å². The highest BCUT2D eigenvalue weighted by Gasteiger charge is 2.13. The zero-order valence-electron chi connectivity index (χ0n) is 16.2. The molecule has 0 bridgehead atoms. The molecule has 0 unspecified atom stereocenters. The number of hydrogen-bond donors (Lipinski definition) is 1. The van der Waals surface area contributed by atoms with E-state index in [9.17, 15) is 9.59 Å². The van der Waals surface area contributed by atoms with E-state index in [0.717, 1.165) is 29.3 Å². The number of aryl methyl sites for hydroxylation is 1. The average Bonchev–Trinajstić information content (AvgIpc) is 3.20. The normalized spacial score (nSPS) is 10.6. The van der Waals surface area contributed by atoms with Crippen molar-refractivity contribution in [3.63, 3.8) is 0 Å². The monoisotopic (exact) mass is 411 g/mol. The summed E-state index contributed by atoms with van der Waals surface area (Å²) in [4.78, 5) is 24.1. The minimum atomic E-state index is -0.410. The molecule has 0 aliphatic rings. The standard InChI is InChI=1S/C21H21N3O4S/c1-3-10-27-20(26)16-8-5-9-17(12-16)22-18(25)13-29-21-24-23-19(28-21)15-7-4-6-14(2)11-15/h4-9,11-12H,3,10,13H2,1-2H3,(H,22,25). The first-order valence-electron chi connectivity index (χ1n) is 9.15. The molecule has 0 saturated carbocycles. The molecule has 150 valence electrons. The van der Waals surface area contributed by atoms with Crippen molar-refractivity contribution in [3.05, 3.63) is 59.7 Å². The van der Waals surface area contributed by atoms with Crippen LogP contribution < -0.4 is 5.32 Å². The summed E-state index contributed by atoms with van der Waals surface area (Å²) < 4.78 is 10.7. The number of ether oxygens (including phenoxy) is 1. The van der Waals surface area contributed by atoms with Crippen molar-refractivity contribution in [2.45, 2.75) is 25.5 Å². The van der Waals surface area contributed by atoms with Crippen molar-refractivity contribution in [3.8, 4) is 11.5 Å². The Hall–Kier alpha value is -3.13. The van der Waals surface area contributed by atoms with Crippen LogP contribution in [0.25, 0.3) is 11.5 Å². The number of esters is 1. The van der Waals surface area contributed by atoms with Gasteiger partial charge in [0.25, 0.3) is 5.22 Å². The highest BCUT2D eigenvalue weighted by atomic mass is 32.2. The van der Waals surface area contributed by atoms with E-state index in [4.69, 9.17) is 9.15 Å². The minimum absolute atomic E-state index is 0.0972. The maximum absolute atomic E-state index is 12.2. The number of carbonyl (C=O) groups is 2. The van der Waals surface area contributed by atoms with E-state index in [0.29, 0.717) is 29.0 Å². The van der Waals surface area contributed by atoms with Crippen LogP contribution in [0.15, 0.2) is 58.2 Å². The van der Waals surface area contributed by atoms with Gasteiger partial charge in [-0.2, -0.15) is 0 Å². The smallest absolute Gasteiger partial charge is 0.338 e. The summed E-state index contributed by atoms with van der Waals surface area (Å²) >= 11 is 1.15. The van der Waals surface area contributed by atoms with Gasteiger partial charge in [-0.3, -0.25) is 4.79 Å². The summed E-state index contributed by atoms with van der Waals surface area (Å²) in [5.74, 6) is -0.147. The number of benzene rings is 2. The van der Waals surface area contributed by atoms with Gasteiger partial charge in [-0.15, -0.1) is 10.2 Å². The summed E-state index contributed by atoms with van der Waals surface area (Å²) in [6, 6.07) is 14.4. The Morgan fingerprint density at radius 3 is 2.76 bits per heavy atom. The van der Waals surface area contributed by atoms with Gasteiger partial charge in [0.05, 0.1) is 17.9 Å². The van der Waals surface area contributed by atoms with Gasteiger partial charge in [0.15, 0.2) is 0 Å². The summed E-state index contributed by atoms with van der Waals surface area (Å²) in [6.45, 7) is 4.27. The molecule has 0 aliphatic carbocycles. The minimum Gasteiger partial charge on any atom is -0.462 e. The summed E-state index contributed by atoms with van der Waals surface area (Å²) in [5.41, 5.74) is 2.84. The highest BCUT2D eigenvalue weighted by molar-refractivity contribution is 7.99. The summed E-state index contributed by atoms with van der Waals surface area (Å²) in [6.07, 6.45) is 0.751. The fraction of sp³-hybridized carbons (Fsp3) is 0.238. The van der Waals surface area contributed by atoms with E-state index in [-0.39, 0.29) is 11.7 Å². The van der Waals surface area contributed by atoms with E-state index in [2.05, 4.69) is 15.5 Å². The molecule has 0 aliphatic heterocycles. The molecule has 0 radical (unpaired) electrons. The zero-order chi connectivity index (χ0) is 20.6. The molecule has 3 rings (SSSR count). The van der Waals surface area contributed by atoms with Crippen LogP contribution in [0.5, 0.6) is 0 Å². The van der Waals surface area contributed by atoms with Gasteiger partial charge in [-0.1, -0.05) is 42.4 Å². The number of aromatic nitrogens is 2. The average molecular weight is 411 g/mol. The molecule has 1 N–H and O–H groups in total. The number of rotatable bonds is 8. The van der Waals surface area contributed by atoms with E-state index >= 15 is 0 Å². The van der Waals surface area contributed by atoms with Crippen LogP contribution in [0, 0.1) is 6.92 Å². The van der Waals surface area contributed by atoms with Gasteiger partial charge in [-0.05, 0) is 43.7 Å². The van der Waals surface area contributed by atoms with E-state index < -0.39 is 5.97 Å². The molecule has 29 heavy (non-hydrogen) atoms. The Labute approximate surface area is 172 Å². The maximum atomic E-state index is 12.2. The lowest BCUT2D eigenvalue weighted by molar-refractivity contribution is -0.113. The van der Waals surface area contributed by atoms with Crippen LogP contribution in [-0.2, 0) is 9.53 Å². The number of hydrogen-bond acceptors (Lipinski definition) is 7. The predicted molar refractivity (Wildman–Crippen MR) is 111 cm³/mol. The van der Waals surface area contributed by atoms with Crippen molar-refractivity contribution in [2.24, 2.45) is 0 Å². The first-order chi connectivity index (χ1) is 14.0. The van der Waals surface area contributed by atoms with Crippen molar-refractivity contribution >= 4 is 29.3 Å². The van der Waals surface area contributed by atoms with Crippen LogP contribution in [0.3, 0.4) is 0 Å². The Bertz CT molecular complexity index is 1000. The molecule has 0 atom stereocenters. The predicted octanol–water partition coefficient (Wildman–Crippen LogP) is 4.34. The molecule has 7 nitrogen and oxygen atoms in total. The SMILES string of the molecule is CCCOC(=O)c1cccc(NC(=O)CSc2nnc(-c3cccc(C)c3)o2)c1. The second kappa shape index (κ2) is 9.88. The quantitative estimate of drug-likeness (QED) is 0.435. The second-order valence-electron chi connectivity index (χ2n) is 6.30. The number of carbonyl (C=O) groups excluding carboxylic acids is 2. The maximum Gasteiger partial charge on any atom is 0.338 e. The van der Waals surface area contributed by atoms with Crippen molar-refractivity contribution in [2.75, 3.05) is 17.7 Å². The Morgan fingerprint density at radius 2 is 1.97 bits per heavy atom. The van der Waals surface area contributed by atoms with Gasteiger partial charge in [0.1, 0.15) is 0 Å². The van der Waals surface area contributed by atoms with Crippen molar-refractivity contribution < 1.29 is 18.7 Å². The van der Waals surface area contributed by atoms with Gasteiger partial charge in [0, 0.05) is 11.3 Å². The van der Waals surface area contributed by atoms with E-state index in [1.54, 1.807) is 24.3 Å². The third kappa shape index (κ3) is 5.92. The fourth-order valence-corrected chi connectivity index (χ4v) is 3.05. The number of anilines is 1. The first-order valence-corrected chi connectivity index (χ1v) is 10.1. The highest BCUT2D eigenvalue weighted by Crippen LogP contribution is 2.24. The van der Waals surface area contributed by atoms with Gasteiger partial charge >= 0.3 is 5.97 Å². The molecule has 1 heterocycles. The zero-order valence-corrected chi connectivity index (χ0v) is 17.0. The van der Waals surface area contributed by atoms with Crippen molar-refractivity contribution in [1.82, 2.24) is 10.2 Å². The topological polar surface area (TPSA) is 94.3 Å². The molecule has 8 heteroatoms. The van der Waals surface area contributed by atoms with Gasteiger partial charge in [0.2, 0.25) is 11.8 Å². The molecule has 1 aromatic heterocycles. The van der Waals surface area contributed by atoms with Gasteiger partial charge in [-0.25, -0.2) is 4.79 Å². The molecule has 1 amide bonds. The third-order valence-electron chi connectivity index (χ3n) is 3.82. The lowest BCUT2D eigenvalue weighted by Crippen LogP contribution is -2.14. The molecular formula is C21H21N3O4S. The van der Waals surface area contributed by atoms with E-state index in [1.807, 2.05) is 38.1 Å².